The maximum atomic E-state index is 14.3. The maximum absolute atomic E-state index is 14.3. The number of thioether (sulfide) groups is 1. The Balaban J connectivity index is 2.36. The Labute approximate surface area is 137 Å². The van der Waals surface area contributed by atoms with E-state index in [4.69, 9.17) is 10.5 Å². The molecule has 0 saturated carbocycles. The lowest BCUT2D eigenvalue weighted by molar-refractivity contribution is 0.127. The molecule has 1 atom stereocenters. The summed E-state index contributed by atoms with van der Waals surface area (Å²) in [5.41, 5.74) is 5.92. The normalized spacial score (nSPS) is 25.0. The summed E-state index contributed by atoms with van der Waals surface area (Å²) in [5.74, 6) is 0.616. The molecule has 2 N–H and O–H groups in total. The zero-order valence-electron chi connectivity index (χ0n) is 12.1. The SMILES string of the molecule is CC1(c2cc(Br)ccc2F)CCCOCCCSC(N)=N1. The van der Waals surface area contributed by atoms with E-state index in [-0.39, 0.29) is 5.82 Å². The highest BCUT2D eigenvalue weighted by atomic mass is 79.9. The van der Waals surface area contributed by atoms with E-state index < -0.39 is 5.54 Å². The summed E-state index contributed by atoms with van der Waals surface area (Å²) in [7, 11) is 0. The topological polar surface area (TPSA) is 47.6 Å². The van der Waals surface area contributed by atoms with E-state index in [9.17, 15) is 4.39 Å². The van der Waals surface area contributed by atoms with Crippen LogP contribution in [0.3, 0.4) is 0 Å². The van der Waals surface area contributed by atoms with E-state index in [1.165, 1.54) is 17.8 Å². The van der Waals surface area contributed by atoms with Crippen molar-refractivity contribution in [3.8, 4) is 0 Å². The summed E-state index contributed by atoms with van der Waals surface area (Å²) in [4.78, 5) is 4.62. The lowest BCUT2D eigenvalue weighted by Crippen LogP contribution is -2.25. The lowest BCUT2D eigenvalue weighted by atomic mass is 9.87. The van der Waals surface area contributed by atoms with Gasteiger partial charge in [-0.3, -0.25) is 4.99 Å². The van der Waals surface area contributed by atoms with Crippen LogP contribution in [0.4, 0.5) is 4.39 Å². The molecule has 2 rings (SSSR count). The molecule has 21 heavy (non-hydrogen) atoms. The standard InChI is InChI=1S/C15H20BrFN2OS/c1-15(12-10-11(16)4-5-13(12)17)6-2-7-20-8-3-9-21-14(18)19-15/h4-5,10H,2-3,6-9H2,1H3,(H2,18,19). The Morgan fingerprint density at radius 1 is 1.38 bits per heavy atom. The molecule has 0 saturated heterocycles. The number of hydrogen-bond acceptors (Lipinski definition) is 4. The summed E-state index contributed by atoms with van der Waals surface area (Å²) in [5, 5.41) is 0.513. The molecule has 1 aromatic carbocycles. The number of nitrogens with zero attached hydrogens (tertiary/aromatic N) is 1. The van der Waals surface area contributed by atoms with Gasteiger partial charge in [-0.1, -0.05) is 27.7 Å². The Morgan fingerprint density at radius 2 is 2.14 bits per heavy atom. The minimum absolute atomic E-state index is 0.252. The molecule has 1 aromatic rings. The zero-order chi connectivity index (χ0) is 15.3. The van der Waals surface area contributed by atoms with E-state index in [0.29, 0.717) is 23.8 Å². The second-order valence-electron chi connectivity index (χ2n) is 5.27. The quantitative estimate of drug-likeness (QED) is 0.806. The highest BCUT2D eigenvalue weighted by molar-refractivity contribution is 9.10. The Kier molecular flexibility index (Phi) is 6.08. The van der Waals surface area contributed by atoms with Crippen LogP contribution in [-0.2, 0) is 10.3 Å². The molecular weight excluding hydrogens is 355 g/mol. The number of benzene rings is 1. The average Bonchev–Trinajstić information content (AvgIpc) is 2.47. The van der Waals surface area contributed by atoms with Crippen molar-refractivity contribution in [2.75, 3.05) is 19.0 Å². The molecule has 0 bridgehead atoms. The highest BCUT2D eigenvalue weighted by Gasteiger charge is 2.29. The second-order valence-corrected chi connectivity index (χ2v) is 7.30. The summed E-state index contributed by atoms with van der Waals surface area (Å²) >= 11 is 4.91. The molecule has 3 nitrogen and oxygen atoms in total. The van der Waals surface area contributed by atoms with Crippen LogP contribution in [-0.4, -0.2) is 24.1 Å². The van der Waals surface area contributed by atoms with Gasteiger partial charge in [0.05, 0.1) is 5.54 Å². The molecule has 1 heterocycles. The fraction of sp³-hybridized carbons (Fsp3) is 0.533. The van der Waals surface area contributed by atoms with Crippen molar-refractivity contribution in [2.24, 2.45) is 10.7 Å². The molecule has 0 radical (unpaired) electrons. The average molecular weight is 375 g/mol. The van der Waals surface area contributed by atoms with Crippen molar-refractivity contribution in [3.05, 3.63) is 34.1 Å². The first kappa shape index (κ1) is 16.8. The first-order valence-electron chi connectivity index (χ1n) is 7.03. The second kappa shape index (κ2) is 7.61. The van der Waals surface area contributed by atoms with E-state index in [1.54, 1.807) is 12.1 Å². The van der Waals surface area contributed by atoms with Crippen LogP contribution in [0, 0.1) is 5.82 Å². The van der Waals surface area contributed by atoms with E-state index in [1.807, 2.05) is 6.92 Å². The van der Waals surface area contributed by atoms with E-state index >= 15 is 0 Å². The molecule has 1 aliphatic rings. The van der Waals surface area contributed by atoms with Crippen LogP contribution in [0.15, 0.2) is 27.7 Å². The zero-order valence-corrected chi connectivity index (χ0v) is 14.5. The van der Waals surface area contributed by atoms with Gasteiger partial charge in [-0.25, -0.2) is 4.39 Å². The van der Waals surface area contributed by atoms with Crippen LogP contribution >= 0.6 is 27.7 Å². The highest BCUT2D eigenvalue weighted by Crippen LogP contribution is 2.35. The molecule has 6 heteroatoms. The number of ether oxygens (including phenoxy) is 1. The van der Waals surface area contributed by atoms with Crippen molar-refractivity contribution >= 4 is 32.9 Å². The van der Waals surface area contributed by atoms with Crippen molar-refractivity contribution in [3.63, 3.8) is 0 Å². The summed E-state index contributed by atoms with van der Waals surface area (Å²) < 4.78 is 20.7. The van der Waals surface area contributed by atoms with Crippen LogP contribution < -0.4 is 5.73 Å². The van der Waals surface area contributed by atoms with Gasteiger partial charge >= 0.3 is 0 Å². The Hall–Kier alpha value is -0.590. The monoisotopic (exact) mass is 374 g/mol. The molecule has 0 aromatic heterocycles. The van der Waals surface area contributed by atoms with Crippen LogP contribution in [0.25, 0.3) is 0 Å². The predicted molar refractivity (Wildman–Crippen MR) is 90.2 cm³/mol. The molecule has 0 spiro atoms. The van der Waals surface area contributed by atoms with E-state index in [2.05, 4.69) is 20.9 Å². The van der Waals surface area contributed by atoms with E-state index in [0.717, 1.165) is 29.7 Å². The van der Waals surface area contributed by atoms with Gasteiger partial charge in [0, 0.05) is 29.0 Å². The summed E-state index contributed by atoms with van der Waals surface area (Å²) in [6.45, 7) is 3.34. The maximum Gasteiger partial charge on any atom is 0.154 e. The fourth-order valence-electron chi connectivity index (χ4n) is 2.39. The number of nitrogens with two attached hydrogens (primary N) is 1. The Bertz CT molecular complexity index is 526. The van der Waals surface area contributed by atoms with Crippen molar-refractivity contribution in [2.45, 2.75) is 31.7 Å². The summed E-state index contributed by atoms with van der Waals surface area (Å²) in [6, 6.07) is 4.95. The Morgan fingerprint density at radius 3 is 2.95 bits per heavy atom. The van der Waals surface area contributed by atoms with Gasteiger partial charge in [0.1, 0.15) is 5.82 Å². The van der Waals surface area contributed by atoms with Gasteiger partial charge in [-0.2, -0.15) is 0 Å². The van der Waals surface area contributed by atoms with Crippen molar-refractivity contribution in [1.29, 1.82) is 0 Å². The van der Waals surface area contributed by atoms with Gasteiger partial charge in [0.2, 0.25) is 0 Å². The third-order valence-corrected chi connectivity index (χ3v) is 4.87. The third-order valence-electron chi connectivity index (χ3n) is 3.50. The first-order chi connectivity index (χ1) is 10.0. The van der Waals surface area contributed by atoms with Gasteiger partial charge in [0.15, 0.2) is 5.17 Å². The number of hydrogen-bond donors (Lipinski definition) is 1. The minimum atomic E-state index is -0.668. The molecule has 1 unspecified atom stereocenters. The van der Waals surface area contributed by atoms with Crippen LogP contribution in [0.1, 0.15) is 31.7 Å². The summed E-state index contributed by atoms with van der Waals surface area (Å²) in [6.07, 6.45) is 2.47. The minimum Gasteiger partial charge on any atom is -0.381 e. The van der Waals surface area contributed by atoms with Crippen LogP contribution in [0.5, 0.6) is 0 Å². The van der Waals surface area contributed by atoms with Gasteiger partial charge in [0.25, 0.3) is 0 Å². The number of aliphatic imine (C=N–C) groups is 1. The molecule has 0 aliphatic carbocycles. The predicted octanol–water partition coefficient (Wildman–Crippen LogP) is 4.05. The van der Waals surface area contributed by atoms with Gasteiger partial charge in [-0.15, -0.1) is 0 Å². The molecule has 0 fully saturated rings. The smallest absolute Gasteiger partial charge is 0.154 e. The first-order valence-corrected chi connectivity index (χ1v) is 8.80. The molecule has 1 aliphatic heterocycles. The lowest BCUT2D eigenvalue weighted by Gasteiger charge is -2.27. The molecular formula is C15H20BrFN2OS. The van der Waals surface area contributed by atoms with Gasteiger partial charge < -0.3 is 10.5 Å². The largest absolute Gasteiger partial charge is 0.381 e. The van der Waals surface area contributed by atoms with Gasteiger partial charge in [-0.05, 0) is 44.4 Å². The number of amidine groups is 1. The van der Waals surface area contributed by atoms with Crippen LogP contribution in [0.2, 0.25) is 0 Å². The number of halogens is 2. The fourth-order valence-corrected chi connectivity index (χ4v) is 3.49. The van der Waals surface area contributed by atoms with Crippen molar-refractivity contribution in [1.82, 2.24) is 0 Å². The third kappa shape index (κ3) is 4.69. The number of rotatable bonds is 1. The molecule has 116 valence electrons. The van der Waals surface area contributed by atoms with Crippen molar-refractivity contribution < 1.29 is 9.13 Å². The molecule has 0 amide bonds.